The second-order valence-electron chi connectivity index (χ2n) is 19.9. The zero-order valence-corrected chi connectivity index (χ0v) is 45.2. The number of fused-ring (bicyclic) bond motifs is 4. The number of nitrogens with zero attached hydrogens (tertiary/aromatic N) is 6. The van der Waals surface area contributed by atoms with E-state index in [1.165, 1.54) is 16.2 Å². The lowest BCUT2D eigenvalue weighted by Gasteiger charge is -2.35. The lowest BCUT2D eigenvalue weighted by molar-refractivity contribution is -0.144. The van der Waals surface area contributed by atoms with Crippen molar-refractivity contribution in [2.75, 3.05) is 39.4 Å². The normalized spacial score (nSPS) is 21.6. The van der Waals surface area contributed by atoms with Crippen molar-refractivity contribution < 1.29 is 38.3 Å². The monoisotopic (exact) mass is 1080 g/mol. The van der Waals surface area contributed by atoms with Crippen molar-refractivity contribution in [2.24, 2.45) is 10.4 Å². The molecule has 0 bridgehead atoms. The van der Waals surface area contributed by atoms with Crippen LogP contribution in [0.2, 0.25) is 5.02 Å². The molecule has 3 aliphatic heterocycles. The van der Waals surface area contributed by atoms with Crippen LogP contribution in [0, 0.1) is 33.1 Å². The van der Waals surface area contributed by atoms with E-state index in [0.29, 0.717) is 40.8 Å². The molecule has 5 atom stereocenters. The molecule has 3 aliphatic rings. The Morgan fingerprint density at radius 1 is 0.880 bits per heavy atom. The van der Waals surface area contributed by atoms with Gasteiger partial charge in [0.25, 0.3) is 0 Å². The smallest absolute Gasteiger partial charge is 0.246 e. The molecular formula is C52H61ClN12O8S2. The number of rotatable bonds is 7. The summed E-state index contributed by atoms with van der Waals surface area (Å²) in [6.07, 6.45) is 0.405. The number of amides is 7. The van der Waals surface area contributed by atoms with Crippen LogP contribution in [-0.2, 0) is 38.3 Å². The van der Waals surface area contributed by atoms with Gasteiger partial charge in [-0.3, -0.25) is 43.1 Å². The minimum Gasteiger partial charge on any atom is -0.370 e. The van der Waals surface area contributed by atoms with E-state index in [-0.39, 0.29) is 39.1 Å². The SMILES string of the molecule is Cc1ncsc1-c1ccc([C@@H]2CC(=O)NCC(=O)N[C@H](CNC(=O)C[C@@H]3N=C(c4ccc(Cl)cc4)c4c(sc(C)c4C)-n4c(C)nnc43)C(=O)NCCOCC(=O)N[C@@H](C(C)(C)C)C(=O)N3CCC[C@H]3C(=O)N2)cc1. The van der Waals surface area contributed by atoms with Gasteiger partial charge in [-0.2, -0.15) is 0 Å². The van der Waals surface area contributed by atoms with Crippen molar-refractivity contribution in [3.63, 3.8) is 0 Å². The molecule has 0 saturated carbocycles. The van der Waals surface area contributed by atoms with Gasteiger partial charge in [0.15, 0.2) is 5.82 Å². The van der Waals surface area contributed by atoms with Gasteiger partial charge in [0.1, 0.15) is 41.6 Å². The van der Waals surface area contributed by atoms with Gasteiger partial charge in [0.05, 0.1) is 53.8 Å². The fraction of sp³-hybridized carbons (Fsp3) is 0.442. The predicted molar refractivity (Wildman–Crippen MR) is 284 cm³/mol. The minimum atomic E-state index is -1.34. The molecule has 2 fully saturated rings. The quantitative estimate of drug-likeness (QED) is 0.134. The van der Waals surface area contributed by atoms with Gasteiger partial charge in [-0.05, 0) is 74.8 Å². The number of ether oxygens (including phenoxy) is 1. The number of thiazole rings is 1. The van der Waals surface area contributed by atoms with Gasteiger partial charge in [-0.15, -0.1) is 32.9 Å². The molecule has 20 nitrogen and oxygen atoms in total. The average Bonchev–Trinajstić information content (AvgIpc) is 4.17. The van der Waals surface area contributed by atoms with Crippen LogP contribution < -0.4 is 31.9 Å². The van der Waals surface area contributed by atoms with E-state index in [9.17, 15) is 33.6 Å². The fourth-order valence-electron chi connectivity index (χ4n) is 9.31. The molecule has 6 heterocycles. The molecule has 23 heteroatoms. The van der Waals surface area contributed by atoms with Gasteiger partial charge < -0.3 is 41.5 Å². The summed E-state index contributed by atoms with van der Waals surface area (Å²) in [5, 5.41) is 26.8. The van der Waals surface area contributed by atoms with E-state index < -0.39 is 90.1 Å². The number of aryl methyl sites for hydroxylation is 3. The number of aliphatic imine (C=N–C) groups is 1. The number of hydrogen-bond donors (Lipinski definition) is 6. The molecule has 5 aromatic rings. The second-order valence-corrected chi connectivity index (χ2v) is 22.4. The van der Waals surface area contributed by atoms with E-state index in [1.807, 2.05) is 77.3 Å². The predicted octanol–water partition coefficient (Wildman–Crippen LogP) is 4.25. The average molecular weight is 1080 g/mol. The van der Waals surface area contributed by atoms with E-state index >= 15 is 0 Å². The summed E-state index contributed by atoms with van der Waals surface area (Å²) < 4.78 is 7.52. The lowest BCUT2D eigenvalue weighted by Crippen LogP contribution is -2.58. The topological polar surface area (TPSA) is 260 Å². The van der Waals surface area contributed by atoms with Crippen molar-refractivity contribution in [2.45, 2.75) is 104 Å². The Morgan fingerprint density at radius 2 is 1.61 bits per heavy atom. The van der Waals surface area contributed by atoms with Crippen LogP contribution in [0.1, 0.15) is 103 Å². The Hall–Kier alpha value is -6.88. The highest BCUT2D eigenvalue weighted by atomic mass is 35.5. The Morgan fingerprint density at radius 3 is 2.32 bits per heavy atom. The standard InChI is InChI=1S/C52H61ClN12O8S2/c1-27-29(3)75-51-43(27)44(32-14-16-34(53)17-15-32)59-36(47-63-62-30(4)65(47)51)22-40(67)55-23-37-48(70)54-18-20-73-25-42(69)61-46(52(5,6)7)50(72)64-19-8-9-38(64)49(71)60-35(21-39(66)56-24-41(68)58-37)31-10-12-33(13-11-31)45-28(2)57-26-74-45/h10-17,26,35-38,46H,8-9,18-25H2,1-7H3,(H,54,70)(H,55,67)(H,56,66)(H,58,68)(H,60,71)(H,61,69)/t35-,36-,37+,38-,46+/m0/s1. The Labute approximate surface area is 447 Å². The Kier molecular flexibility index (Phi) is 16.9. The van der Waals surface area contributed by atoms with Crippen molar-refractivity contribution in [1.29, 1.82) is 0 Å². The van der Waals surface area contributed by atoms with Gasteiger partial charge in [-0.1, -0.05) is 68.8 Å². The maximum absolute atomic E-state index is 14.3. The zero-order chi connectivity index (χ0) is 53.7. The fourth-order valence-corrected chi connectivity index (χ4v) is 11.5. The summed E-state index contributed by atoms with van der Waals surface area (Å²) in [6.45, 7) is 11.9. The van der Waals surface area contributed by atoms with Crippen molar-refractivity contribution in [3.8, 4) is 15.4 Å². The molecule has 75 heavy (non-hydrogen) atoms. The Bertz CT molecular complexity index is 3020. The van der Waals surface area contributed by atoms with Crippen LogP contribution in [0.3, 0.4) is 0 Å². The third-order valence-electron chi connectivity index (χ3n) is 13.4. The number of hydrogen-bond acceptors (Lipinski definition) is 14. The van der Waals surface area contributed by atoms with Crippen molar-refractivity contribution in [1.82, 2.24) is 56.5 Å². The lowest BCUT2D eigenvalue weighted by atomic mass is 9.85. The number of benzene rings is 2. The van der Waals surface area contributed by atoms with Gasteiger partial charge >= 0.3 is 0 Å². The first-order chi connectivity index (χ1) is 35.8. The van der Waals surface area contributed by atoms with Gasteiger partial charge in [0.2, 0.25) is 41.4 Å². The number of aromatic nitrogens is 4. The van der Waals surface area contributed by atoms with E-state index in [1.54, 1.807) is 41.1 Å². The molecule has 0 unspecified atom stereocenters. The summed E-state index contributed by atoms with van der Waals surface area (Å²) in [7, 11) is 0. The molecular weight excluding hydrogens is 1020 g/mol. The third kappa shape index (κ3) is 12.6. The highest BCUT2D eigenvalue weighted by Crippen LogP contribution is 2.40. The number of carbonyl (C=O) groups excluding carboxylic acids is 7. The van der Waals surface area contributed by atoms with E-state index in [4.69, 9.17) is 21.3 Å². The molecule has 396 valence electrons. The summed E-state index contributed by atoms with van der Waals surface area (Å²) >= 11 is 9.34. The number of thiophene rings is 1. The van der Waals surface area contributed by atoms with Crippen molar-refractivity contribution in [3.05, 3.63) is 104 Å². The summed E-state index contributed by atoms with van der Waals surface area (Å²) in [4.78, 5) is 110. The first-order valence-corrected chi connectivity index (χ1v) is 26.8. The van der Waals surface area contributed by atoms with Crippen LogP contribution in [0.25, 0.3) is 15.4 Å². The molecule has 3 aromatic heterocycles. The minimum absolute atomic E-state index is 0.0934. The number of halogens is 1. The maximum Gasteiger partial charge on any atom is 0.246 e. The van der Waals surface area contributed by atoms with Crippen molar-refractivity contribution >= 4 is 81.3 Å². The largest absolute Gasteiger partial charge is 0.370 e. The van der Waals surface area contributed by atoms with Gasteiger partial charge in [0, 0.05) is 40.7 Å². The highest BCUT2D eigenvalue weighted by molar-refractivity contribution is 7.15. The Balaban J connectivity index is 1.02. The molecule has 8 rings (SSSR count). The van der Waals surface area contributed by atoms with Crippen LogP contribution in [-0.4, -0.2) is 129 Å². The molecule has 2 saturated heterocycles. The first kappa shape index (κ1) is 54.4. The van der Waals surface area contributed by atoms with Crippen LogP contribution >= 0.6 is 34.3 Å². The van der Waals surface area contributed by atoms with Gasteiger partial charge in [-0.25, -0.2) is 4.98 Å². The second kappa shape index (κ2) is 23.3. The molecule has 6 N–H and O–H groups in total. The molecule has 7 amide bonds. The number of carbonyl (C=O) groups is 7. The third-order valence-corrected chi connectivity index (χ3v) is 15.8. The van der Waals surface area contributed by atoms with Crippen LogP contribution in [0.5, 0.6) is 0 Å². The molecule has 0 aliphatic carbocycles. The van der Waals surface area contributed by atoms with Crippen LogP contribution in [0.4, 0.5) is 0 Å². The first-order valence-electron chi connectivity index (χ1n) is 24.7. The summed E-state index contributed by atoms with van der Waals surface area (Å²) in [6, 6.07) is 9.69. The maximum atomic E-state index is 14.3. The summed E-state index contributed by atoms with van der Waals surface area (Å²) in [5.74, 6) is -2.98. The highest BCUT2D eigenvalue weighted by Gasteiger charge is 2.43. The molecule has 2 aromatic carbocycles. The van der Waals surface area contributed by atoms with Crippen LogP contribution in [0.15, 0.2) is 59.0 Å². The summed E-state index contributed by atoms with van der Waals surface area (Å²) in [5.41, 5.74) is 6.69. The molecule has 0 spiro atoms. The van der Waals surface area contributed by atoms with E-state index in [0.717, 1.165) is 42.7 Å². The molecule has 0 radical (unpaired) electrons. The van der Waals surface area contributed by atoms with E-state index in [2.05, 4.69) is 47.1 Å². The number of nitrogens with one attached hydrogen (secondary N) is 6. The zero-order valence-electron chi connectivity index (χ0n) is 42.8.